The Bertz CT molecular complexity index is 1520. The second-order valence-corrected chi connectivity index (χ2v) is 8.16. The van der Waals surface area contributed by atoms with Crippen LogP contribution in [0.25, 0.3) is 54.6 Å². The fourth-order valence-corrected chi connectivity index (χ4v) is 5.02. The van der Waals surface area contributed by atoms with Gasteiger partial charge < -0.3 is 0 Å². The summed E-state index contributed by atoms with van der Waals surface area (Å²) in [6.07, 6.45) is 0. The molecule has 0 aliphatic heterocycles. The molecule has 6 aromatic rings. The molecule has 0 aliphatic rings. The van der Waals surface area contributed by atoms with Crippen molar-refractivity contribution in [2.75, 3.05) is 0 Å². The van der Waals surface area contributed by atoms with Crippen molar-refractivity contribution in [1.29, 1.82) is 0 Å². The van der Waals surface area contributed by atoms with Crippen molar-refractivity contribution in [3.63, 3.8) is 0 Å². The van der Waals surface area contributed by atoms with Crippen molar-refractivity contribution in [3.8, 4) is 22.3 Å². The monoisotopic (exact) mass is 394 g/mol. The minimum atomic E-state index is 1.25. The molecule has 0 fully saturated rings. The number of hydrogen-bond acceptors (Lipinski definition) is 0. The van der Waals surface area contributed by atoms with Gasteiger partial charge in [0.05, 0.1) is 0 Å². The van der Waals surface area contributed by atoms with Crippen molar-refractivity contribution in [2.24, 2.45) is 0 Å². The fourth-order valence-electron chi connectivity index (χ4n) is 5.02. The van der Waals surface area contributed by atoms with E-state index < -0.39 is 0 Å². The van der Waals surface area contributed by atoms with E-state index >= 15 is 0 Å². The van der Waals surface area contributed by atoms with Gasteiger partial charge in [0.1, 0.15) is 0 Å². The van der Waals surface area contributed by atoms with Crippen LogP contribution in [0, 0.1) is 6.92 Å². The van der Waals surface area contributed by atoms with Gasteiger partial charge in [-0.3, -0.25) is 0 Å². The summed E-state index contributed by atoms with van der Waals surface area (Å²) in [7, 11) is 0. The average molecular weight is 395 g/mol. The van der Waals surface area contributed by atoms with E-state index in [1.54, 1.807) is 0 Å². The predicted octanol–water partition coefficient (Wildman–Crippen LogP) is 8.79. The van der Waals surface area contributed by atoms with Crippen molar-refractivity contribution >= 4 is 32.3 Å². The first kappa shape index (κ1) is 17.9. The predicted molar refractivity (Wildman–Crippen MR) is 135 cm³/mol. The Morgan fingerprint density at radius 2 is 0.774 bits per heavy atom. The first-order valence-corrected chi connectivity index (χ1v) is 10.8. The summed E-state index contributed by atoms with van der Waals surface area (Å²) in [5.41, 5.74) is 6.50. The normalized spacial score (nSPS) is 11.4. The maximum Gasteiger partial charge on any atom is -0.00204 e. The summed E-state index contributed by atoms with van der Waals surface area (Å²) in [6.45, 7) is 2.24. The van der Waals surface area contributed by atoms with Gasteiger partial charge in [-0.1, -0.05) is 115 Å². The second-order valence-electron chi connectivity index (χ2n) is 8.16. The molecule has 0 radical (unpaired) electrons. The Kier molecular flexibility index (Phi) is 4.11. The van der Waals surface area contributed by atoms with Gasteiger partial charge in [0.15, 0.2) is 0 Å². The van der Waals surface area contributed by atoms with Crippen molar-refractivity contribution in [3.05, 3.63) is 121 Å². The molecular weight excluding hydrogens is 372 g/mol. The van der Waals surface area contributed by atoms with E-state index in [-0.39, 0.29) is 0 Å². The molecular formula is C31H22. The quantitative estimate of drug-likeness (QED) is 0.257. The SMILES string of the molecule is Cc1c2ccccc2c(-c2ccc(-c3ccccc3)c3ccccc23)c2ccccc12. The van der Waals surface area contributed by atoms with Crippen LogP contribution in [0.15, 0.2) is 115 Å². The summed E-state index contributed by atoms with van der Waals surface area (Å²) < 4.78 is 0. The molecule has 0 N–H and O–H groups in total. The zero-order valence-corrected chi connectivity index (χ0v) is 17.5. The Hall–Kier alpha value is -3.90. The third-order valence-electron chi connectivity index (χ3n) is 6.48. The third kappa shape index (κ3) is 2.76. The second kappa shape index (κ2) is 7.11. The molecule has 0 heterocycles. The number of hydrogen-bond donors (Lipinski definition) is 0. The zero-order valence-electron chi connectivity index (χ0n) is 17.5. The number of rotatable bonds is 2. The Morgan fingerprint density at radius 3 is 1.35 bits per heavy atom. The Labute approximate surface area is 182 Å². The maximum atomic E-state index is 2.31. The van der Waals surface area contributed by atoms with Crippen LogP contribution >= 0.6 is 0 Å². The fraction of sp³-hybridized carbons (Fsp3) is 0.0323. The first-order chi connectivity index (χ1) is 15.3. The lowest BCUT2D eigenvalue weighted by Crippen LogP contribution is -1.91. The molecule has 0 heteroatoms. The van der Waals surface area contributed by atoms with Gasteiger partial charge in [-0.15, -0.1) is 0 Å². The number of aryl methyl sites for hydroxylation is 1. The van der Waals surface area contributed by atoms with Gasteiger partial charge in [0.2, 0.25) is 0 Å². The van der Waals surface area contributed by atoms with Gasteiger partial charge in [-0.05, 0) is 67.1 Å². The minimum absolute atomic E-state index is 1.25. The van der Waals surface area contributed by atoms with Gasteiger partial charge >= 0.3 is 0 Å². The number of benzene rings is 6. The molecule has 146 valence electrons. The van der Waals surface area contributed by atoms with E-state index in [1.165, 1.54) is 60.1 Å². The van der Waals surface area contributed by atoms with Gasteiger partial charge in [0.25, 0.3) is 0 Å². The molecule has 0 saturated carbocycles. The molecule has 6 rings (SSSR count). The third-order valence-corrected chi connectivity index (χ3v) is 6.48. The van der Waals surface area contributed by atoms with Crippen LogP contribution in [-0.2, 0) is 0 Å². The average Bonchev–Trinajstić information content (AvgIpc) is 2.85. The Morgan fingerprint density at radius 1 is 0.355 bits per heavy atom. The van der Waals surface area contributed by atoms with E-state index in [2.05, 4.69) is 122 Å². The van der Waals surface area contributed by atoms with Crippen molar-refractivity contribution < 1.29 is 0 Å². The van der Waals surface area contributed by atoms with Gasteiger partial charge in [-0.2, -0.15) is 0 Å². The van der Waals surface area contributed by atoms with Crippen molar-refractivity contribution in [2.45, 2.75) is 6.92 Å². The molecule has 0 unspecified atom stereocenters. The molecule has 0 atom stereocenters. The van der Waals surface area contributed by atoms with Gasteiger partial charge in [-0.25, -0.2) is 0 Å². The highest BCUT2D eigenvalue weighted by atomic mass is 14.2. The van der Waals surface area contributed by atoms with E-state index in [0.29, 0.717) is 0 Å². The zero-order chi connectivity index (χ0) is 20.8. The van der Waals surface area contributed by atoms with Crippen LogP contribution in [0.3, 0.4) is 0 Å². The van der Waals surface area contributed by atoms with Crippen LogP contribution in [0.1, 0.15) is 5.56 Å². The smallest absolute Gasteiger partial charge is 0.00204 e. The van der Waals surface area contributed by atoms with Crippen LogP contribution < -0.4 is 0 Å². The first-order valence-electron chi connectivity index (χ1n) is 10.8. The van der Waals surface area contributed by atoms with Crippen LogP contribution in [0.4, 0.5) is 0 Å². The highest BCUT2D eigenvalue weighted by Crippen LogP contribution is 2.43. The molecule has 0 aromatic heterocycles. The molecule has 31 heavy (non-hydrogen) atoms. The van der Waals surface area contributed by atoms with E-state index in [9.17, 15) is 0 Å². The van der Waals surface area contributed by atoms with Crippen molar-refractivity contribution in [1.82, 2.24) is 0 Å². The Balaban J connectivity index is 1.77. The largest absolute Gasteiger partial charge is 0.0622 e. The molecule has 0 amide bonds. The van der Waals surface area contributed by atoms with E-state index in [1.807, 2.05) is 0 Å². The van der Waals surface area contributed by atoms with E-state index in [4.69, 9.17) is 0 Å². The summed E-state index contributed by atoms with van der Waals surface area (Å²) in [6, 6.07) is 41.7. The van der Waals surface area contributed by atoms with Crippen LogP contribution in [-0.4, -0.2) is 0 Å². The highest BCUT2D eigenvalue weighted by molar-refractivity contribution is 6.19. The molecule has 0 bridgehead atoms. The highest BCUT2D eigenvalue weighted by Gasteiger charge is 2.16. The summed E-state index contributed by atoms with van der Waals surface area (Å²) >= 11 is 0. The van der Waals surface area contributed by atoms with Crippen LogP contribution in [0.2, 0.25) is 0 Å². The standard InChI is InChI=1S/C31H22/c1-21-23-13-5-9-17-28(23)31(29-18-10-6-14-24(21)29)30-20-19-25(22-11-3-2-4-12-22)26-15-7-8-16-27(26)30/h2-20H,1H3. The molecule has 0 nitrogen and oxygen atoms in total. The van der Waals surface area contributed by atoms with Crippen LogP contribution in [0.5, 0.6) is 0 Å². The van der Waals surface area contributed by atoms with Gasteiger partial charge in [0, 0.05) is 0 Å². The topological polar surface area (TPSA) is 0 Å². The molecule has 0 saturated heterocycles. The summed E-state index contributed by atoms with van der Waals surface area (Å²) in [4.78, 5) is 0. The molecule has 0 spiro atoms. The summed E-state index contributed by atoms with van der Waals surface area (Å²) in [5.74, 6) is 0. The minimum Gasteiger partial charge on any atom is -0.0622 e. The lowest BCUT2D eigenvalue weighted by molar-refractivity contribution is 1.58. The maximum absolute atomic E-state index is 2.31. The lowest BCUT2D eigenvalue weighted by atomic mass is 9.85. The number of fused-ring (bicyclic) bond motifs is 3. The lowest BCUT2D eigenvalue weighted by Gasteiger charge is -2.18. The summed E-state index contributed by atoms with van der Waals surface area (Å²) in [5, 5.41) is 7.87. The van der Waals surface area contributed by atoms with E-state index in [0.717, 1.165) is 0 Å². The molecule has 6 aromatic carbocycles. The molecule has 0 aliphatic carbocycles.